The van der Waals surface area contributed by atoms with E-state index in [0.717, 1.165) is 29.0 Å². The van der Waals surface area contributed by atoms with Gasteiger partial charge in [0.25, 0.3) is 0 Å². The number of nitrogens with zero attached hydrogens (tertiary/aromatic N) is 1. The van der Waals surface area contributed by atoms with Crippen LogP contribution in [0.2, 0.25) is 5.02 Å². The first-order chi connectivity index (χ1) is 11.6. The first kappa shape index (κ1) is 17.4. The van der Waals surface area contributed by atoms with E-state index in [4.69, 9.17) is 11.6 Å². The average molecular weight is 365 g/mol. The molecule has 0 spiro atoms. The van der Waals surface area contributed by atoms with Crippen molar-refractivity contribution in [1.29, 1.82) is 0 Å². The van der Waals surface area contributed by atoms with E-state index in [-0.39, 0.29) is 0 Å². The molecule has 1 fully saturated rings. The van der Waals surface area contributed by atoms with Crippen molar-refractivity contribution in [2.45, 2.75) is 30.8 Å². The van der Waals surface area contributed by atoms with Crippen molar-refractivity contribution in [3.63, 3.8) is 0 Å². The summed E-state index contributed by atoms with van der Waals surface area (Å²) < 4.78 is 26.5. The number of nitrogens with one attached hydrogen (secondary N) is 1. The van der Waals surface area contributed by atoms with Crippen LogP contribution in [-0.4, -0.2) is 25.8 Å². The van der Waals surface area contributed by atoms with Gasteiger partial charge in [0.05, 0.1) is 4.90 Å². The van der Waals surface area contributed by atoms with Crippen LogP contribution in [0.3, 0.4) is 0 Å². The Hall–Kier alpha value is -1.40. The quantitative estimate of drug-likeness (QED) is 0.854. The highest BCUT2D eigenvalue weighted by atomic mass is 35.5. The zero-order chi connectivity index (χ0) is 17.0. The predicted molar refractivity (Wildman–Crippen MR) is 96.4 cm³/mol. The molecule has 4 nitrogen and oxygen atoms in total. The molecule has 0 aliphatic carbocycles. The summed E-state index contributed by atoms with van der Waals surface area (Å²) in [5.41, 5.74) is 2.09. The van der Waals surface area contributed by atoms with E-state index in [9.17, 15) is 8.42 Å². The average Bonchev–Trinajstić information content (AvgIpc) is 3.12. The second kappa shape index (κ2) is 7.66. The lowest BCUT2D eigenvalue weighted by Crippen LogP contribution is -2.27. The summed E-state index contributed by atoms with van der Waals surface area (Å²) in [5.74, 6) is 0. The molecule has 1 heterocycles. The Balaban J connectivity index is 1.59. The van der Waals surface area contributed by atoms with Gasteiger partial charge in [-0.25, -0.2) is 8.42 Å². The number of halogens is 1. The van der Waals surface area contributed by atoms with Crippen LogP contribution in [0.5, 0.6) is 0 Å². The normalized spacial score (nSPS) is 15.7. The summed E-state index contributed by atoms with van der Waals surface area (Å²) in [5, 5.41) is 4.08. The van der Waals surface area contributed by atoms with Crippen LogP contribution in [0.4, 0.5) is 0 Å². The Morgan fingerprint density at radius 1 is 0.958 bits per heavy atom. The maximum absolute atomic E-state index is 12.5. The molecule has 0 radical (unpaired) electrons. The molecule has 0 aromatic heterocycles. The van der Waals surface area contributed by atoms with E-state index < -0.39 is 10.0 Å². The third kappa shape index (κ3) is 3.98. The van der Waals surface area contributed by atoms with Crippen molar-refractivity contribution in [3.8, 4) is 0 Å². The molecule has 0 bridgehead atoms. The standard InChI is InChI=1S/C18H21ClN2O2S/c19-18-6-2-1-5-16(18)14-20-13-15-7-9-17(10-8-15)24(22,23)21-11-3-4-12-21/h1-2,5-10,20H,3-4,11-14H2. The fraction of sp³-hybridized carbons (Fsp3) is 0.333. The second-order valence-corrected chi connectivity index (χ2v) is 8.30. The number of hydrogen-bond acceptors (Lipinski definition) is 3. The predicted octanol–water partition coefficient (Wildman–Crippen LogP) is 3.41. The van der Waals surface area contributed by atoms with Gasteiger partial charge in [-0.15, -0.1) is 0 Å². The van der Waals surface area contributed by atoms with Crippen molar-refractivity contribution in [2.24, 2.45) is 0 Å². The maximum atomic E-state index is 12.5. The van der Waals surface area contributed by atoms with Gasteiger partial charge in [-0.1, -0.05) is 41.9 Å². The molecule has 2 aromatic rings. The minimum atomic E-state index is -3.33. The summed E-state index contributed by atoms with van der Waals surface area (Å²) >= 11 is 6.13. The zero-order valence-electron chi connectivity index (χ0n) is 13.4. The maximum Gasteiger partial charge on any atom is 0.243 e. The fourth-order valence-corrected chi connectivity index (χ4v) is 4.56. The molecule has 3 rings (SSSR count). The Morgan fingerprint density at radius 2 is 1.62 bits per heavy atom. The lowest BCUT2D eigenvalue weighted by Gasteiger charge is -2.15. The second-order valence-electron chi connectivity index (χ2n) is 5.95. The number of rotatable bonds is 6. The molecule has 1 N–H and O–H groups in total. The molecule has 1 aliphatic rings. The molecule has 128 valence electrons. The van der Waals surface area contributed by atoms with Gasteiger partial charge < -0.3 is 5.32 Å². The molecule has 0 amide bonds. The Labute approximate surface area is 148 Å². The van der Waals surface area contributed by atoms with Gasteiger partial charge in [0.15, 0.2) is 0 Å². The van der Waals surface area contributed by atoms with E-state index >= 15 is 0 Å². The molecule has 1 aliphatic heterocycles. The van der Waals surface area contributed by atoms with E-state index in [1.807, 2.05) is 36.4 Å². The Morgan fingerprint density at radius 3 is 2.29 bits per heavy atom. The zero-order valence-corrected chi connectivity index (χ0v) is 15.0. The highest BCUT2D eigenvalue weighted by molar-refractivity contribution is 7.89. The summed E-state index contributed by atoms with van der Waals surface area (Å²) in [6.07, 6.45) is 1.90. The summed E-state index contributed by atoms with van der Waals surface area (Å²) in [4.78, 5) is 0.374. The van der Waals surface area contributed by atoms with Crippen LogP contribution < -0.4 is 5.32 Å². The van der Waals surface area contributed by atoms with Crippen LogP contribution >= 0.6 is 11.6 Å². The molecule has 0 unspecified atom stereocenters. The molecule has 0 saturated carbocycles. The number of benzene rings is 2. The summed E-state index contributed by atoms with van der Waals surface area (Å²) in [7, 11) is -3.33. The van der Waals surface area contributed by atoms with Crippen molar-refractivity contribution in [3.05, 3.63) is 64.7 Å². The fourth-order valence-electron chi connectivity index (χ4n) is 2.84. The number of hydrogen-bond donors (Lipinski definition) is 1. The van der Waals surface area contributed by atoms with Crippen LogP contribution in [0.25, 0.3) is 0 Å². The van der Waals surface area contributed by atoms with Crippen LogP contribution in [-0.2, 0) is 23.1 Å². The third-order valence-corrected chi connectivity index (χ3v) is 6.51. The summed E-state index contributed by atoms with van der Waals surface area (Å²) in [6.45, 7) is 2.59. The molecular weight excluding hydrogens is 344 g/mol. The SMILES string of the molecule is O=S(=O)(c1ccc(CNCc2ccccc2Cl)cc1)N1CCCC1. The van der Waals surface area contributed by atoms with Crippen molar-refractivity contribution >= 4 is 21.6 Å². The molecule has 2 aromatic carbocycles. The van der Waals surface area contributed by atoms with E-state index in [2.05, 4.69) is 5.32 Å². The number of sulfonamides is 1. The molecule has 6 heteroatoms. The molecule has 1 saturated heterocycles. The van der Waals surface area contributed by atoms with Crippen LogP contribution in [0.15, 0.2) is 53.4 Å². The largest absolute Gasteiger partial charge is 0.309 e. The van der Waals surface area contributed by atoms with Crippen LogP contribution in [0, 0.1) is 0 Å². The van der Waals surface area contributed by atoms with Gasteiger partial charge in [0, 0.05) is 31.2 Å². The van der Waals surface area contributed by atoms with Gasteiger partial charge in [0.1, 0.15) is 0 Å². The lowest BCUT2D eigenvalue weighted by atomic mass is 10.2. The van der Waals surface area contributed by atoms with Crippen LogP contribution in [0.1, 0.15) is 24.0 Å². The lowest BCUT2D eigenvalue weighted by molar-refractivity contribution is 0.477. The minimum Gasteiger partial charge on any atom is -0.309 e. The highest BCUT2D eigenvalue weighted by Gasteiger charge is 2.26. The van der Waals surface area contributed by atoms with Gasteiger partial charge in [-0.2, -0.15) is 4.31 Å². The summed E-state index contributed by atoms with van der Waals surface area (Å²) in [6, 6.07) is 14.8. The first-order valence-electron chi connectivity index (χ1n) is 8.10. The van der Waals surface area contributed by atoms with Crippen molar-refractivity contribution in [2.75, 3.05) is 13.1 Å². The molecule has 24 heavy (non-hydrogen) atoms. The van der Waals surface area contributed by atoms with Gasteiger partial charge >= 0.3 is 0 Å². The smallest absolute Gasteiger partial charge is 0.243 e. The van der Waals surface area contributed by atoms with Gasteiger partial charge in [-0.05, 0) is 42.2 Å². The molecule has 0 atom stereocenters. The minimum absolute atomic E-state index is 0.374. The first-order valence-corrected chi connectivity index (χ1v) is 9.92. The van der Waals surface area contributed by atoms with Gasteiger partial charge in [-0.3, -0.25) is 0 Å². The van der Waals surface area contributed by atoms with Gasteiger partial charge in [0.2, 0.25) is 10.0 Å². The third-order valence-electron chi connectivity index (χ3n) is 4.23. The van der Waals surface area contributed by atoms with Crippen molar-refractivity contribution < 1.29 is 8.42 Å². The van der Waals surface area contributed by atoms with E-state index in [1.165, 1.54) is 0 Å². The highest BCUT2D eigenvalue weighted by Crippen LogP contribution is 2.21. The van der Waals surface area contributed by atoms with E-state index in [1.54, 1.807) is 16.4 Å². The topological polar surface area (TPSA) is 49.4 Å². The monoisotopic (exact) mass is 364 g/mol. The Bertz CT molecular complexity index is 785. The Kier molecular flexibility index (Phi) is 5.56. The van der Waals surface area contributed by atoms with E-state index in [0.29, 0.717) is 31.1 Å². The van der Waals surface area contributed by atoms with Crippen molar-refractivity contribution in [1.82, 2.24) is 9.62 Å². The molecular formula is C18H21ClN2O2S.